The third-order valence-electron chi connectivity index (χ3n) is 5.77. The number of benzene rings is 2. The van der Waals surface area contributed by atoms with Crippen LogP contribution in [-0.2, 0) is 4.79 Å². The molecule has 1 atom stereocenters. The average Bonchev–Trinajstić information content (AvgIpc) is 2.70. The number of likely N-dealkylation sites (tertiary alicyclic amines) is 1. The summed E-state index contributed by atoms with van der Waals surface area (Å²) in [6.45, 7) is 2.79. The molecule has 29 heavy (non-hydrogen) atoms. The molecule has 5 nitrogen and oxygen atoms in total. The molecule has 2 aliphatic heterocycles. The van der Waals surface area contributed by atoms with Crippen LogP contribution in [0.25, 0.3) is 0 Å². The summed E-state index contributed by atoms with van der Waals surface area (Å²) in [5.41, 5.74) is 1.77. The number of phenolic OH excluding ortho intramolecular Hbond substituents is 1. The molecule has 0 aliphatic carbocycles. The van der Waals surface area contributed by atoms with Crippen molar-refractivity contribution < 1.29 is 14.3 Å². The normalized spacial score (nSPS) is 21.1. The van der Waals surface area contributed by atoms with Crippen LogP contribution in [0, 0.1) is 5.82 Å². The lowest BCUT2D eigenvalue weighted by molar-refractivity contribution is -0.130. The van der Waals surface area contributed by atoms with Gasteiger partial charge in [-0.3, -0.25) is 15.1 Å². The second-order valence-electron chi connectivity index (χ2n) is 7.71. The van der Waals surface area contributed by atoms with Crippen molar-refractivity contribution in [3.05, 3.63) is 64.4 Å². The van der Waals surface area contributed by atoms with Crippen molar-refractivity contribution in [2.24, 2.45) is 4.99 Å². The van der Waals surface area contributed by atoms with E-state index in [0.29, 0.717) is 42.9 Å². The van der Waals surface area contributed by atoms with Crippen molar-refractivity contribution in [2.75, 3.05) is 13.1 Å². The molecule has 4 rings (SSSR count). The van der Waals surface area contributed by atoms with E-state index in [1.54, 1.807) is 37.3 Å². The standard InChI is InChI=1S/C22H23ClFN3O2/c1-14(28)27-10-8-22(9-11-27)25-19(15-2-5-17(24)6-3-15)13-20(26-22)18-12-16(23)4-7-21(18)29/h2-7,12,19,25,29H,8-11,13H2,1H3/t19-/m1/s1. The van der Waals surface area contributed by atoms with E-state index in [2.05, 4.69) is 5.32 Å². The largest absolute Gasteiger partial charge is 0.507 e. The lowest BCUT2D eigenvalue weighted by Gasteiger charge is -2.45. The first-order valence-corrected chi connectivity index (χ1v) is 10.1. The molecule has 2 aliphatic rings. The van der Waals surface area contributed by atoms with Crippen LogP contribution in [-0.4, -0.2) is 40.4 Å². The maximum absolute atomic E-state index is 13.4. The van der Waals surface area contributed by atoms with Gasteiger partial charge < -0.3 is 10.0 Å². The van der Waals surface area contributed by atoms with Crippen molar-refractivity contribution >= 4 is 23.2 Å². The van der Waals surface area contributed by atoms with Crippen LogP contribution in [0.15, 0.2) is 47.5 Å². The summed E-state index contributed by atoms with van der Waals surface area (Å²) in [6, 6.07) is 11.3. The SMILES string of the molecule is CC(=O)N1CCC2(CC1)N=C(c1cc(Cl)ccc1O)C[C@H](c1ccc(F)cc1)N2. The minimum Gasteiger partial charge on any atom is -0.507 e. The fourth-order valence-electron chi connectivity index (χ4n) is 4.16. The molecule has 152 valence electrons. The Bertz CT molecular complexity index is 953. The first kappa shape index (κ1) is 19.9. The van der Waals surface area contributed by atoms with Gasteiger partial charge in [0.05, 0.1) is 0 Å². The van der Waals surface area contributed by atoms with E-state index in [4.69, 9.17) is 16.6 Å². The second-order valence-corrected chi connectivity index (χ2v) is 8.15. The molecule has 1 spiro atoms. The maximum Gasteiger partial charge on any atom is 0.219 e. The summed E-state index contributed by atoms with van der Waals surface area (Å²) in [7, 11) is 0. The van der Waals surface area contributed by atoms with Gasteiger partial charge >= 0.3 is 0 Å². The number of hydrogen-bond acceptors (Lipinski definition) is 4. The van der Waals surface area contributed by atoms with E-state index >= 15 is 0 Å². The smallest absolute Gasteiger partial charge is 0.219 e. The van der Waals surface area contributed by atoms with Crippen molar-refractivity contribution in [3.63, 3.8) is 0 Å². The first-order chi connectivity index (χ1) is 13.8. The first-order valence-electron chi connectivity index (χ1n) is 9.71. The monoisotopic (exact) mass is 415 g/mol. The third kappa shape index (κ3) is 4.14. The Hall–Kier alpha value is -2.44. The molecule has 2 aromatic rings. The quantitative estimate of drug-likeness (QED) is 0.777. The minimum atomic E-state index is -0.548. The topological polar surface area (TPSA) is 64.9 Å². The van der Waals surface area contributed by atoms with Gasteiger partial charge in [-0.2, -0.15) is 0 Å². The molecule has 2 N–H and O–H groups in total. The number of amides is 1. The van der Waals surface area contributed by atoms with Crippen molar-refractivity contribution in [2.45, 2.75) is 37.9 Å². The Morgan fingerprint density at radius 3 is 2.59 bits per heavy atom. The minimum absolute atomic E-state index is 0.0578. The number of carbonyl (C=O) groups excluding carboxylic acids is 1. The molecule has 1 fully saturated rings. The summed E-state index contributed by atoms with van der Waals surface area (Å²) in [5.74, 6) is -0.0953. The number of hydrogen-bond donors (Lipinski definition) is 2. The average molecular weight is 416 g/mol. The van der Waals surface area contributed by atoms with Crippen LogP contribution in [0.1, 0.15) is 43.4 Å². The highest BCUT2D eigenvalue weighted by Crippen LogP contribution is 2.37. The van der Waals surface area contributed by atoms with Gasteiger partial charge in [0.15, 0.2) is 0 Å². The zero-order valence-corrected chi connectivity index (χ0v) is 16.9. The predicted octanol–water partition coefficient (Wildman–Crippen LogP) is 4.05. The molecule has 0 saturated carbocycles. The van der Waals surface area contributed by atoms with Crippen molar-refractivity contribution in [1.82, 2.24) is 10.2 Å². The molecule has 0 unspecified atom stereocenters. The molecule has 2 aromatic carbocycles. The molecule has 2 heterocycles. The summed E-state index contributed by atoms with van der Waals surface area (Å²) >= 11 is 6.17. The van der Waals surface area contributed by atoms with Crippen molar-refractivity contribution in [3.8, 4) is 5.75 Å². The molecule has 1 amide bonds. The van der Waals surface area contributed by atoms with E-state index in [1.807, 2.05) is 4.90 Å². The number of nitrogens with zero attached hydrogens (tertiary/aromatic N) is 2. The van der Waals surface area contributed by atoms with Gasteiger partial charge in [-0.15, -0.1) is 0 Å². The number of carbonyl (C=O) groups is 1. The van der Waals surface area contributed by atoms with Gasteiger partial charge in [0.1, 0.15) is 17.2 Å². The van der Waals surface area contributed by atoms with Crippen LogP contribution in [0.2, 0.25) is 5.02 Å². The molecular formula is C22H23ClFN3O2. The highest BCUT2D eigenvalue weighted by molar-refractivity contribution is 6.31. The number of nitrogens with one attached hydrogen (secondary N) is 1. The van der Waals surface area contributed by atoms with Crippen LogP contribution < -0.4 is 5.32 Å². The van der Waals surface area contributed by atoms with Crippen LogP contribution in [0.4, 0.5) is 4.39 Å². The predicted molar refractivity (Wildman–Crippen MR) is 111 cm³/mol. The fraction of sp³-hybridized carbons (Fsp3) is 0.364. The number of aliphatic imine (C=N–C) groups is 1. The summed E-state index contributed by atoms with van der Waals surface area (Å²) in [4.78, 5) is 18.6. The van der Waals surface area contributed by atoms with E-state index in [-0.39, 0.29) is 23.5 Å². The highest BCUT2D eigenvalue weighted by Gasteiger charge is 2.40. The zero-order chi connectivity index (χ0) is 20.6. The number of rotatable bonds is 2. The van der Waals surface area contributed by atoms with Crippen LogP contribution in [0.5, 0.6) is 5.75 Å². The van der Waals surface area contributed by atoms with E-state index in [9.17, 15) is 14.3 Å². The van der Waals surface area contributed by atoms with E-state index < -0.39 is 5.66 Å². The summed E-state index contributed by atoms with van der Waals surface area (Å²) < 4.78 is 13.4. The fourth-order valence-corrected chi connectivity index (χ4v) is 4.33. The summed E-state index contributed by atoms with van der Waals surface area (Å²) in [5, 5.41) is 14.6. The van der Waals surface area contributed by atoms with Gasteiger partial charge in [0.25, 0.3) is 0 Å². The molecule has 0 aromatic heterocycles. The van der Waals surface area contributed by atoms with E-state index in [0.717, 1.165) is 11.3 Å². The Morgan fingerprint density at radius 1 is 1.24 bits per heavy atom. The Morgan fingerprint density at radius 2 is 1.93 bits per heavy atom. The molecular weight excluding hydrogens is 393 g/mol. The van der Waals surface area contributed by atoms with Gasteiger partial charge in [-0.1, -0.05) is 23.7 Å². The molecule has 0 bridgehead atoms. The maximum atomic E-state index is 13.4. The van der Waals surface area contributed by atoms with E-state index in [1.165, 1.54) is 12.1 Å². The second kappa shape index (κ2) is 7.76. The lowest BCUT2D eigenvalue weighted by atomic mass is 9.87. The number of halogens is 2. The highest BCUT2D eigenvalue weighted by atomic mass is 35.5. The van der Waals surface area contributed by atoms with Gasteiger partial charge in [-0.25, -0.2) is 4.39 Å². The Kier molecular flexibility index (Phi) is 5.32. The zero-order valence-electron chi connectivity index (χ0n) is 16.2. The van der Waals surface area contributed by atoms with Gasteiger partial charge in [0.2, 0.25) is 5.91 Å². The number of piperidine rings is 1. The molecule has 7 heteroatoms. The van der Waals surface area contributed by atoms with Crippen molar-refractivity contribution in [1.29, 1.82) is 0 Å². The van der Waals surface area contributed by atoms with Crippen LogP contribution >= 0.6 is 11.6 Å². The lowest BCUT2D eigenvalue weighted by Crippen LogP contribution is -2.56. The number of aromatic hydroxyl groups is 1. The number of phenols is 1. The molecule has 0 radical (unpaired) electrons. The summed E-state index contributed by atoms with van der Waals surface area (Å²) in [6.07, 6.45) is 1.86. The Balaban J connectivity index is 1.72. The Labute approximate surface area is 174 Å². The van der Waals surface area contributed by atoms with Crippen LogP contribution in [0.3, 0.4) is 0 Å². The van der Waals surface area contributed by atoms with Gasteiger partial charge in [0, 0.05) is 61.6 Å². The molecule has 1 saturated heterocycles. The third-order valence-corrected chi connectivity index (χ3v) is 6.00. The van der Waals surface area contributed by atoms with Gasteiger partial charge in [-0.05, 0) is 35.9 Å².